The van der Waals surface area contributed by atoms with Crippen LogP contribution in [0.4, 0.5) is 4.39 Å². The summed E-state index contributed by atoms with van der Waals surface area (Å²) in [6.07, 6.45) is 3.04. The van der Waals surface area contributed by atoms with Gasteiger partial charge in [-0.25, -0.2) is 9.18 Å². The van der Waals surface area contributed by atoms with Gasteiger partial charge in [-0.1, -0.05) is 11.6 Å². The maximum absolute atomic E-state index is 13.1. The van der Waals surface area contributed by atoms with Crippen molar-refractivity contribution in [1.82, 2.24) is 0 Å². The van der Waals surface area contributed by atoms with E-state index in [1.54, 1.807) is 6.07 Å². The second-order valence-electron chi connectivity index (χ2n) is 3.48. The first-order valence-electron chi connectivity index (χ1n) is 4.33. The third-order valence-corrected chi connectivity index (χ3v) is 3.41. The van der Waals surface area contributed by atoms with Crippen molar-refractivity contribution < 1.29 is 9.18 Å². The minimum Gasteiger partial charge on any atom is -0.211 e. The number of hydrogen-bond acceptors (Lipinski definition) is 2. The lowest BCUT2D eigenvalue weighted by Gasteiger charge is -2.11. The fourth-order valence-corrected chi connectivity index (χ4v) is 2.20. The minimum absolute atomic E-state index is 0.298. The van der Waals surface area contributed by atoms with E-state index in [1.807, 2.05) is 0 Å². The summed E-state index contributed by atoms with van der Waals surface area (Å²) >= 11 is 8.99. The van der Waals surface area contributed by atoms with Crippen molar-refractivity contribution in [1.29, 1.82) is 0 Å². The van der Waals surface area contributed by atoms with Crippen LogP contribution in [-0.4, -0.2) is 6.08 Å². The van der Waals surface area contributed by atoms with Gasteiger partial charge in [-0.05, 0) is 40.9 Å². The third kappa shape index (κ3) is 1.85. The van der Waals surface area contributed by atoms with E-state index < -0.39 is 11.4 Å². The lowest BCUT2D eigenvalue weighted by atomic mass is 10.1. The Kier molecular flexibility index (Phi) is 2.67. The van der Waals surface area contributed by atoms with Crippen molar-refractivity contribution in [3.05, 3.63) is 33.0 Å². The summed E-state index contributed by atoms with van der Waals surface area (Å²) < 4.78 is 13.4. The van der Waals surface area contributed by atoms with Crippen LogP contribution in [0.15, 0.2) is 21.6 Å². The van der Waals surface area contributed by atoms with Gasteiger partial charge in [0.1, 0.15) is 5.82 Å². The molecule has 1 aromatic carbocycles. The van der Waals surface area contributed by atoms with Crippen LogP contribution in [0.25, 0.3) is 0 Å². The highest BCUT2D eigenvalue weighted by atomic mass is 79.9. The standard InChI is InChI=1S/C10H6BrClFNO/c11-7-3-6(8(12)4-9(7)13)10(1-2-10)14-5-15/h3-4H,1-2H2. The number of nitrogens with zero attached hydrogens (tertiary/aromatic N) is 1. The van der Waals surface area contributed by atoms with E-state index in [0.29, 0.717) is 15.1 Å². The first-order valence-corrected chi connectivity index (χ1v) is 5.50. The molecule has 2 nitrogen and oxygen atoms in total. The number of benzene rings is 1. The average molecular weight is 291 g/mol. The average Bonchev–Trinajstić information content (AvgIpc) is 2.93. The molecule has 1 fully saturated rings. The molecule has 1 aromatic rings. The summed E-state index contributed by atoms with van der Waals surface area (Å²) in [5, 5.41) is 0.298. The zero-order valence-electron chi connectivity index (χ0n) is 7.56. The molecule has 0 bridgehead atoms. The maximum Gasteiger partial charge on any atom is 0.235 e. The van der Waals surface area contributed by atoms with Crippen molar-refractivity contribution in [3.63, 3.8) is 0 Å². The van der Waals surface area contributed by atoms with Crippen LogP contribution < -0.4 is 0 Å². The van der Waals surface area contributed by atoms with Crippen LogP contribution in [-0.2, 0) is 10.3 Å². The number of aliphatic imine (C=N–C) groups is 1. The smallest absolute Gasteiger partial charge is 0.211 e. The Morgan fingerprint density at radius 3 is 2.73 bits per heavy atom. The van der Waals surface area contributed by atoms with Crippen LogP contribution in [0, 0.1) is 5.82 Å². The Bertz CT molecular complexity index is 467. The first kappa shape index (κ1) is 10.8. The first-order chi connectivity index (χ1) is 7.09. The highest BCUT2D eigenvalue weighted by molar-refractivity contribution is 9.10. The van der Waals surface area contributed by atoms with Gasteiger partial charge in [-0.2, -0.15) is 4.99 Å². The zero-order valence-corrected chi connectivity index (χ0v) is 9.90. The van der Waals surface area contributed by atoms with Crippen LogP contribution in [0.3, 0.4) is 0 Å². The molecule has 1 saturated carbocycles. The Labute approximate surface area is 99.3 Å². The molecule has 0 aromatic heterocycles. The van der Waals surface area contributed by atoms with Crippen molar-refractivity contribution in [2.45, 2.75) is 18.4 Å². The fourth-order valence-electron chi connectivity index (χ4n) is 1.53. The molecule has 1 aliphatic rings. The molecule has 0 spiro atoms. The van der Waals surface area contributed by atoms with Crippen molar-refractivity contribution in [3.8, 4) is 0 Å². The number of rotatable bonds is 2. The summed E-state index contributed by atoms with van der Waals surface area (Å²) in [5.41, 5.74) is 0.121. The van der Waals surface area contributed by atoms with Gasteiger partial charge >= 0.3 is 0 Å². The molecule has 0 saturated heterocycles. The topological polar surface area (TPSA) is 29.4 Å². The number of isocyanates is 1. The van der Waals surface area contributed by atoms with Crippen molar-refractivity contribution in [2.24, 2.45) is 4.99 Å². The normalized spacial score (nSPS) is 17.0. The van der Waals surface area contributed by atoms with Gasteiger partial charge in [0.2, 0.25) is 6.08 Å². The number of hydrogen-bond donors (Lipinski definition) is 0. The van der Waals surface area contributed by atoms with Crippen LogP contribution in [0.2, 0.25) is 5.02 Å². The summed E-state index contributed by atoms with van der Waals surface area (Å²) in [5.74, 6) is -0.422. The molecule has 0 amide bonds. The Morgan fingerprint density at radius 1 is 1.53 bits per heavy atom. The maximum atomic E-state index is 13.1. The molecule has 5 heteroatoms. The zero-order chi connectivity index (χ0) is 11.1. The Balaban J connectivity index is 2.54. The lowest BCUT2D eigenvalue weighted by molar-refractivity contribution is 0.556. The predicted molar refractivity (Wildman–Crippen MR) is 58.1 cm³/mol. The summed E-state index contributed by atoms with van der Waals surface area (Å²) in [6, 6.07) is 2.80. The van der Waals surface area contributed by atoms with Crippen LogP contribution >= 0.6 is 27.5 Å². The largest absolute Gasteiger partial charge is 0.235 e. The molecular formula is C10H6BrClFNO. The van der Waals surface area contributed by atoms with Crippen LogP contribution in [0.1, 0.15) is 18.4 Å². The van der Waals surface area contributed by atoms with Crippen LogP contribution in [0.5, 0.6) is 0 Å². The molecule has 0 N–H and O–H groups in total. The van der Waals surface area contributed by atoms with Gasteiger partial charge in [-0.3, -0.25) is 0 Å². The molecular weight excluding hydrogens is 284 g/mol. The fraction of sp³-hybridized carbons (Fsp3) is 0.300. The Hall–Kier alpha value is -0.700. The van der Waals surface area contributed by atoms with Gasteiger partial charge < -0.3 is 0 Å². The molecule has 2 rings (SSSR count). The molecule has 0 heterocycles. The monoisotopic (exact) mass is 289 g/mol. The van der Waals surface area contributed by atoms with Gasteiger partial charge in [0.25, 0.3) is 0 Å². The second-order valence-corrected chi connectivity index (χ2v) is 4.74. The molecule has 15 heavy (non-hydrogen) atoms. The SMILES string of the molecule is O=C=NC1(c2cc(Br)c(F)cc2Cl)CC1. The van der Waals surface area contributed by atoms with Gasteiger partial charge in [0.05, 0.1) is 10.0 Å². The van der Waals surface area contributed by atoms with E-state index in [9.17, 15) is 9.18 Å². The molecule has 78 valence electrons. The Morgan fingerprint density at radius 2 is 2.20 bits per heavy atom. The molecule has 0 radical (unpaired) electrons. The predicted octanol–water partition coefficient (Wildman–Crippen LogP) is 3.57. The van der Waals surface area contributed by atoms with E-state index in [0.717, 1.165) is 12.8 Å². The molecule has 0 unspecified atom stereocenters. The lowest BCUT2D eigenvalue weighted by Crippen LogP contribution is -2.03. The van der Waals surface area contributed by atoms with Gasteiger partial charge in [0.15, 0.2) is 0 Å². The van der Waals surface area contributed by atoms with E-state index in [4.69, 9.17) is 11.6 Å². The van der Waals surface area contributed by atoms with E-state index in [2.05, 4.69) is 20.9 Å². The number of halogens is 3. The summed E-state index contributed by atoms with van der Waals surface area (Å²) in [4.78, 5) is 14.0. The second kappa shape index (κ2) is 3.71. The van der Waals surface area contributed by atoms with E-state index >= 15 is 0 Å². The van der Waals surface area contributed by atoms with E-state index in [-0.39, 0.29) is 0 Å². The highest BCUT2D eigenvalue weighted by Gasteiger charge is 2.46. The number of carbonyl (C=O) groups excluding carboxylic acids is 1. The molecule has 0 aliphatic heterocycles. The minimum atomic E-state index is -0.560. The third-order valence-electron chi connectivity index (χ3n) is 2.49. The summed E-state index contributed by atoms with van der Waals surface area (Å²) in [7, 11) is 0. The van der Waals surface area contributed by atoms with Crippen molar-refractivity contribution >= 4 is 33.6 Å². The van der Waals surface area contributed by atoms with Crippen molar-refractivity contribution in [2.75, 3.05) is 0 Å². The highest BCUT2D eigenvalue weighted by Crippen LogP contribution is 2.52. The van der Waals surface area contributed by atoms with Gasteiger partial charge in [-0.15, -0.1) is 0 Å². The summed E-state index contributed by atoms with van der Waals surface area (Å²) in [6.45, 7) is 0. The quantitative estimate of drug-likeness (QED) is 0.465. The molecule has 0 atom stereocenters. The van der Waals surface area contributed by atoms with Gasteiger partial charge in [0, 0.05) is 10.6 Å². The van der Waals surface area contributed by atoms with E-state index in [1.165, 1.54) is 12.1 Å². The molecule has 1 aliphatic carbocycles.